The summed E-state index contributed by atoms with van der Waals surface area (Å²) in [5, 5.41) is 38.6. The number of aliphatic carboxylic acids is 1. The Bertz CT molecular complexity index is 2970. The molecule has 1 heterocycles. The Morgan fingerprint density at radius 2 is 0.949 bits per heavy atom. The molecule has 0 bridgehead atoms. The monoisotopic (exact) mass is 1430 g/mol. The Kier molecular flexibility index (Phi) is 38.6. The number of nitrogens with one attached hydrogen (secondary N) is 11. The molecule has 35 nitrogen and oxygen atoms in total. The van der Waals surface area contributed by atoms with Gasteiger partial charge in [-0.2, -0.15) is 0 Å². The summed E-state index contributed by atoms with van der Waals surface area (Å²) in [6, 6.07) is -4.63. The molecule has 37 heteroatoms. The lowest BCUT2D eigenvalue weighted by Crippen LogP contribution is -2.62. The van der Waals surface area contributed by atoms with Crippen LogP contribution in [-0.4, -0.2) is 198 Å². The summed E-state index contributed by atoms with van der Waals surface area (Å²) in [6.45, 7) is 5.24. The van der Waals surface area contributed by atoms with Crippen molar-refractivity contribution in [3.63, 3.8) is 0 Å². The second kappa shape index (κ2) is 45.4. The molecule has 1 aliphatic carbocycles. The van der Waals surface area contributed by atoms with Crippen molar-refractivity contribution in [3.05, 3.63) is 35.9 Å². The van der Waals surface area contributed by atoms with E-state index in [-0.39, 0.29) is 126 Å². The quantitative estimate of drug-likeness (QED) is 0.0214. The maximum absolute atomic E-state index is 14.8. The topological polar surface area (TPSA) is 594 Å². The van der Waals surface area contributed by atoms with Gasteiger partial charge in [-0.15, -0.1) is 0 Å². The number of nitrogens with two attached hydrogens (primary N) is 7. The predicted octanol–water partition coefficient (Wildman–Crippen LogP) is -4.21. The lowest BCUT2D eigenvalue weighted by molar-refractivity contribution is -0.142. The number of amides is 12. The minimum Gasteiger partial charge on any atom is -0.481 e. The molecular formula is C62H103N21O14S2. The van der Waals surface area contributed by atoms with Gasteiger partial charge in [-0.1, -0.05) is 125 Å². The average Bonchev–Trinajstić information content (AvgIpc) is 1.02. The lowest BCUT2D eigenvalue weighted by Gasteiger charge is -2.30. The van der Waals surface area contributed by atoms with Gasteiger partial charge in [-0.25, -0.2) is 0 Å². The summed E-state index contributed by atoms with van der Waals surface area (Å²) in [5.41, 5.74) is 39.7. The molecule has 0 radical (unpaired) electrons. The van der Waals surface area contributed by atoms with Gasteiger partial charge in [0.05, 0.1) is 19.5 Å². The summed E-state index contributed by atoms with van der Waals surface area (Å²) in [4.78, 5) is 193. The number of primary amides is 1. The SMILES string of the molecule is CCC(C)[C@@H]1NC(=O)[C@H](CCCN=C(N)N)NC(=O)CNC(=O)CNC(=O)[C@H](CC2CCCCC2)NC(=O)CCSSC[C@@H](C(N)=O)NC(=O)[C@H](CCCN=C(N)N)NC(=O)[C@H](Cc2ccccc2)NC(=O)[C@H](C(C)CC)NC(=O)[C@H](CCCN=C(N)N)NC(=O)[C@H](CC(=O)O)NC1=O. The number of hydrogen-bond donors (Lipinski definition) is 19. The average molecular weight is 1430 g/mol. The molecule has 1 saturated carbocycles. The van der Waals surface area contributed by atoms with Crippen molar-refractivity contribution in [2.24, 2.45) is 72.9 Å². The zero-order chi connectivity index (χ0) is 73.6. The van der Waals surface area contributed by atoms with Gasteiger partial charge in [0.2, 0.25) is 70.9 Å². The molecule has 3 rings (SSSR count). The third kappa shape index (κ3) is 33.3. The number of benzene rings is 1. The highest BCUT2D eigenvalue weighted by Gasteiger charge is 2.38. The Balaban J connectivity index is 2.17. The first-order valence-corrected chi connectivity index (χ1v) is 35.7. The zero-order valence-electron chi connectivity index (χ0n) is 56.7. The Hall–Kier alpha value is -9.16. The number of carboxylic acid groups (broad SMARTS) is 1. The zero-order valence-corrected chi connectivity index (χ0v) is 58.4. The maximum Gasteiger partial charge on any atom is 0.305 e. The van der Waals surface area contributed by atoms with Crippen LogP contribution in [0, 0.1) is 17.8 Å². The Morgan fingerprint density at radius 1 is 0.505 bits per heavy atom. The largest absolute Gasteiger partial charge is 0.481 e. The van der Waals surface area contributed by atoms with E-state index in [2.05, 4.69) is 73.5 Å². The third-order valence-electron chi connectivity index (χ3n) is 16.5. The summed E-state index contributed by atoms with van der Waals surface area (Å²) in [7, 11) is 2.27. The highest BCUT2D eigenvalue weighted by molar-refractivity contribution is 8.76. The molecule has 0 aromatic heterocycles. The minimum atomic E-state index is -1.93. The lowest BCUT2D eigenvalue weighted by atomic mass is 9.84. The van der Waals surface area contributed by atoms with E-state index in [1.54, 1.807) is 58.0 Å². The molecule has 99 heavy (non-hydrogen) atoms. The molecule has 11 atom stereocenters. The van der Waals surface area contributed by atoms with E-state index in [0.29, 0.717) is 5.56 Å². The number of nitrogens with zero attached hydrogens (tertiary/aromatic N) is 3. The Morgan fingerprint density at radius 3 is 1.43 bits per heavy atom. The second-order valence-electron chi connectivity index (χ2n) is 24.4. The van der Waals surface area contributed by atoms with Crippen molar-refractivity contribution < 1.29 is 67.4 Å². The number of carboxylic acids is 1. The first-order chi connectivity index (χ1) is 47.0. The summed E-state index contributed by atoms with van der Waals surface area (Å²) >= 11 is 0. The molecule has 12 amide bonds. The van der Waals surface area contributed by atoms with E-state index in [1.807, 2.05) is 0 Å². The molecule has 552 valence electrons. The molecule has 1 aromatic rings. The molecule has 2 aliphatic rings. The van der Waals surface area contributed by atoms with E-state index in [0.717, 1.165) is 42.9 Å². The van der Waals surface area contributed by atoms with Crippen LogP contribution in [-0.2, 0) is 68.7 Å². The molecule has 1 saturated heterocycles. The molecule has 26 N–H and O–H groups in total. The number of carbonyl (C=O) groups excluding carboxylic acids is 12. The summed E-state index contributed by atoms with van der Waals surface area (Å²) in [5.74, 6) is -14.2. The van der Waals surface area contributed by atoms with Crippen LogP contribution in [0.3, 0.4) is 0 Å². The molecule has 2 unspecified atom stereocenters. The van der Waals surface area contributed by atoms with Crippen LogP contribution in [0.4, 0.5) is 0 Å². The van der Waals surface area contributed by atoms with Gasteiger partial charge in [0.25, 0.3) is 0 Å². The first kappa shape index (κ1) is 84.1. The Labute approximate surface area is 584 Å². The molecule has 1 aromatic carbocycles. The van der Waals surface area contributed by atoms with Gasteiger partial charge >= 0.3 is 5.97 Å². The van der Waals surface area contributed by atoms with Crippen LogP contribution in [0.2, 0.25) is 0 Å². The van der Waals surface area contributed by atoms with Crippen LogP contribution in [0.25, 0.3) is 0 Å². The van der Waals surface area contributed by atoms with Crippen LogP contribution < -0.4 is 98.6 Å². The van der Waals surface area contributed by atoms with Crippen LogP contribution in [0.1, 0.15) is 136 Å². The van der Waals surface area contributed by atoms with Crippen molar-refractivity contribution in [3.8, 4) is 0 Å². The van der Waals surface area contributed by atoms with Crippen LogP contribution in [0.5, 0.6) is 0 Å². The highest BCUT2D eigenvalue weighted by Crippen LogP contribution is 2.28. The van der Waals surface area contributed by atoms with Crippen molar-refractivity contribution in [2.75, 3.05) is 44.2 Å². The fourth-order valence-electron chi connectivity index (χ4n) is 10.5. The number of rotatable bonds is 23. The van der Waals surface area contributed by atoms with Crippen LogP contribution >= 0.6 is 21.6 Å². The van der Waals surface area contributed by atoms with Gasteiger partial charge in [0.15, 0.2) is 17.9 Å². The number of hydrogen-bond acceptors (Lipinski definition) is 18. The minimum absolute atomic E-state index is 0.00114. The van der Waals surface area contributed by atoms with Gasteiger partial charge in [0.1, 0.15) is 54.4 Å². The molecule has 0 spiro atoms. The fraction of sp³-hybridized carbons (Fsp3) is 0.645. The first-order valence-electron chi connectivity index (χ1n) is 33.2. The standard InChI is InChI=1S/C62H103N21O14S2/c1-5-34(3)49-58(96)79-42(29-37-18-11-8-12-19-37)56(94)77-39(21-14-25-71-61(66)67)53(91)81-44(51(63)89)33-99-98-27-23-45(84)76-41(28-36-16-9-7-10-17-36)52(90)74-31-46(85)73-32-47(86)75-38(20-13-24-70-60(64)65)54(92)82-50(35(4)6-2)59(97)80-43(30-48(87)88)57(95)78-40(55(93)83-49)22-15-26-72-62(68)69/h8,11-12,18-19,34-36,38-44,49-50H,5-7,9-10,13-17,20-33H2,1-4H3,(H2,63,89)(H,73,85)(H,74,90)(H,75,86)(H,76,84)(H,77,94)(H,78,95)(H,79,96)(H,80,97)(H,81,91)(H,82,92)(H,83,93)(H,87,88)(H4,64,65,70)(H4,66,67,71)(H4,68,69,72)/t34?,35?,38-,39-,40-,41-,42-,43-,44-,49-,50-/m0/s1. The molecule has 2 fully saturated rings. The van der Waals surface area contributed by atoms with Crippen molar-refractivity contribution >= 4 is 116 Å². The number of carbonyl (C=O) groups is 13. The predicted molar refractivity (Wildman–Crippen MR) is 374 cm³/mol. The van der Waals surface area contributed by atoms with E-state index >= 15 is 0 Å². The van der Waals surface area contributed by atoms with E-state index in [4.69, 9.17) is 40.1 Å². The van der Waals surface area contributed by atoms with Gasteiger partial charge in [0, 0.05) is 44.0 Å². The molecular weight excluding hydrogens is 1330 g/mol. The van der Waals surface area contributed by atoms with Gasteiger partial charge in [-0.05, 0) is 68.3 Å². The summed E-state index contributed by atoms with van der Waals surface area (Å²) < 4.78 is 0. The number of guanidine groups is 3. The van der Waals surface area contributed by atoms with Crippen molar-refractivity contribution in [1.29, 1.82) is 0 Å². The second-order valence-corrected chi connectivity index (χ2v) is 27.0. The third-order valence-corrected chi connectivity index (χ3v) is 18.9. The van der Waals surface area contributed by atoms with Crippen molar-refractivity contribution in [1.82, 2.24) is 58.5 Å². The van der Waals surface area contributed by atoms with E-state index < -0.39 is 163 Å². The maximum atomic E-state index is 14.8. The fourth-order valence-corrected chi connectivity index (χ4v) is 12.7. The number of aliphatic imine (C=N–C) groups is 3. The van der Waals surface area contributed by atoms with Crippen molar-refractivity contribution in [2.45, 2.75) is 191 Å². The summed E-state index contributed by atoms with van der Waals surface area (Å²) in [6.07, 6.45) is 3.71. The van der Waals surface area contributed by atoms with Gasteiger partial charge in [-0.3, -0.25) is 77.3 Å². The smallest absolute Gasteiger partial charge is 0.305 e. The van der Waals surface area contributed by atoms with Gasteiger partial charge < -0.3 is 104 Å². The molecule has 1 aliphatic heterocycles. The van der Waals surface area contributed by atoms with Crippen LogP contribution in [0.15, 0.2) is 45.3 Å². The van der Waals surface area contributed by atoms with E-state index in [1.165, 1.54) is 10.8 Å². The van der Waals surface area contributed by atoms with E-state index in [9.17, 15) is 67.4 Å². The highest BCUT2D eigenvalue weighted by atomic mass is 33.1. The normalized spacial score (nSPS) is 24.1.